The second-order valence-corrected chi connectivity index (χ2v) is 13.6. The monoisotopic (exact) mass is 698 g/mol. The minimum absolute atomic E-state index is 0.718. The van der Waals surface area contributed by atoms with Gasteiger partial charge in [0.1, 0.15) is 21.6 Å². The third-order valence-corrected chi connectivity index (χ3v) is 10.4. The Morgan fingerprint density at radius 2 is 0.887 bits per heavy atom. The molecule has 0 spiro atoms. The Labute approximate surface area is 307 Å². The number of nitrogens with zero attached hydrogens (tertiary/aromatic N) is 8. The van der Waals surface area contributed by atoms with Crippen LogP contribution in [0.3, 0.4) is 0 Å². The van der Waals surface area contributed by atoms with Crippen LogP contribution in [0.2, 0.25) is 0 Å². The summed E-state index contributed by atoms with van der Waals surface area (Å²) >= 11 is 1.55. The van der Waals surface area contributed by atoms with E-state index in [0.29, 0.717) is 0 Å². The molecule has 10 rings (SSSR count). The molecule has 0 N–H and O–H groups in total. The molecule has 0 aliphatic carbocycles. The molecule has 6 heterocycles. The van der Waals surface area contributed by atoms with Crippen LogP contribution in [0, 0.1) is 0 Å². The van der Waals surface area contributed by atoms with E-state index < -0.39 is 0 Å². The normalized spacial score (nSPS) is 11.4. The number of thiophene rings is 1. The predicted molar refractivity (Wildman–Crippen MR) is 212 cm³/mol. The largest absolute Gasteiger partial charge is 0.265 e. The van der Waals surface area contributed by atoms with Gasteiger partial charge in [-0.2, -0.15) is 0 Å². The highest BCUT2D eigenvalue weighted by Gasteiger charge is 2.17. The quantitative estimate of drug-likeness (QED) is 0.169. The maximum atomic E-state index is 5.02. The average molecular weight is 699 g/mol. The molecule has 0 fully saturated rings. The van der Waals surface area contributed by atoms with Crippen molar-refractivity contribution in [2.45, 2.75) is 0 Å². The molecule has 9 heteroatoms. The molecule has 0 unspecified atom stereocenters. The maximum absolute atomic E-state index is 5.02. The summed E-state index contributed by atoms with van der Waals surface area (Å²) in [6, 6.07) is 45.9. The van der Waals surface area contributed by atoms with E-state index in [2.05, 4.69) is 110 Å². The van der Waals surface area contributed by atoms with Gasteiger partial charge >= 0.3 is 0 Å². The van der Waals surface area contributed by atoms with Crippen LogP contribution < -0.4 is 0 Å². The van der Waals surface area contributed by atoms with Gasteiger partial charge in [-0.25, -0.2) is 15.0 Å². The molecule has 0 aliphatic rings. The van der Waals surface area contributed by atoms with Crippen LogP contribution in [0.4, 0.5) is 0 Å². The molecule has 4 aromatic carbocycles. The molecule has 0 saturated carbocycles. The van der Waals surface area contributed by atoms with Gasteiger partial charge in [0.15, 0.2) is 0 Å². The first kappa shape index (κ1) is 30.7. The Bertz CT molecular complexity index is 2910. The molecule has 0 saturated heterocycles. The summed E-state index contributed by atoms with van der Waals surface area (Å²) in [5, 5.41) is 13.1. The predicted octanol–water partition coefficient (Wildman–Crippen LogP) is 10.4. The Morgan fingerprint density at radius 3 is 1.47 bits per heavy atom. The van der Waals surface area contributed by atoms with Crippen LogP contribution in [0.1, 0.15) is 0 Å². The second kappa shape index (κ2) is 12.9. The smallest absolute Gasteiger partial charge is 0.145 e. The summed E-state index contributed by atoms with van der Waals surface area (Å²) < 4.78 is 0.920. The van der Waals surface area contributed by atoms with Crippen LogP contribution in [0.15, 0.2) is 158 Å². The van der Waals surface area contributed by atoms with E-state index in [4.69, 9.17) is 15.0 Å². The van der Waals surface area contributed by atoms with Crippen molar-refractivity contribution in [2.75, 3.05) is 0 Å². The molecule has 8 nitrogen and oxygen atoms in total. The number of benzene rings is 4. The average Bonchev–Trinajstić information content (AvgIpc) is 3.61. The van der Waals surface area contributed by atoms with Gasteiger partial charge in [0.2, 0.25) is 0 Å². The lowest BCUT2D eigenvalue weighted by Crippen LogP contribution is -1.92. The van der Waals surface area contributed by atoms with Gasteiger partial charge in [0.25, 0.3) is 0 Å². The van der Waals surface area contributed by atoms with Crippen LogP contribution >= 0.6 is 11.3 Å². The molecule has 10 aromatic rings. The lowest BCUT2D eigenvalue weighted by Gasteiger charge is -2.12. The number of hydrogen-bond acceptors (Lipinski definition) is 9. The van der Waals surface area contributed by atoms with Gasteiger partial charge in [-0.3, -0.25) is 9.97 Å². The number of para-hydroxylation sites is 2. The number of pyridine rings is 3. The van der Waals surface area contributed by atoms with Gasteiger partial charge < -0.3 is 0 Å². The molecular weight excluding hydrogens is 673 g/mol. The van der Waals surface area contributed by atoms with E-state index in [1.165, 1.54) is 0 Å². The Kier molecular flexibility index (Phi) is 7.47. The van der Waals surface area contributed by atoms with Crippen molar-refractivity contribution in [1.29, 1.82) is 0 Å². The van der Waals surface area contributed by atoms with Gasteiger partial charge in [0.05, 0.1) is 27.1 Å². The van der Waals surface area contributed by atoms with Crippen molar-refractivity contribution in [1.82, 2.24) is 40.3 Å². The Hall–Kier alpha value is -7.10. The molecule has 6 aromatic heterocycles. The zero-order valence-corrected chi connectivity index (χ0v) is 28.8. The fraction of sp³-hybridized carbons (Fsp3) is 0. The summed E-state index contributed by atoms with van der Waals surface area (Å²) in [6.07, 6.45) is 7.19. The minimum atomic E-state index is 0.718. The third kappa shape index (κ3) is 5.75. The molecule has 53 heavy (non-hydrogen) atoms. The van der Waals surface area contributed by atoms with E-state index in [1.807, 2.05) is 48.5 Å². The van der Waals surface area contributed by atoms with Crippen molar-refractivity contribution in [3.63, 3.8) is 0 Å². The number of fused-ring (bicyclic) bond motifs is 4. The van der Waals surface area contributed by atoms with Gasteiger partial charge in [0, 0.05) is 41.5 Å². The van der Waals surface area contributed by atoms with Gasteiger partial charge in [-0.1, -0.05) is 66.7 Å². The molecular formula is C44H26N8S. The zero-order chi connectivity index (χ0) is 35.1. The summed E-state index contributed by atoms with van der Waals surface area (Å²) in [4.78, 5) is 24.0. The number of hydrogen-bond donors (Lipinski definition) is 0. The van der Waals surface area contributed by atoms with Gasteiger partial charge in [-0.15, -0.1) is 21.5 Å². The van der Waals surface area contributed by atoms with Crippen LogP contribution in [-0.2, 0) is 0 Å². The summed E-state index contributed by atoms with van der Waals surface area (Å²) in [6.45, 7) is 0. The Morgan fingerprint density at radius 1 is 0.377 bits per heavy atom. The first-order chi connectivity index (χ1) is 26.2. The first-order valence-electron chi connectivity index (χ1n) is 17.1. The maximum Gasteiger partial charge on any atom is 0.145 e. The van der Waals surface area contributed by atoms with Gasteiger partial charge in [-0.05, 0) is 105 Å². The van der Waals surface area contributed by atoms with Crippen molar-refractivity contribution in [3.8, 4) is 67.2 Å². The SMILES string of the molecule is c1cc(-c2cccc(-c3cc(-c4ccncc4)nc(-c4ccncc4)c3)c2)cc(-c2cccc(-c3nnnc4c3sc3nc5ccccc5nc34)c2)c1. The topological polar surface area (TPSA) is 103 Å². The van der Waals surface area contributed by atoms with Crippen molar-refractivity contribution in [2.24, 2.45) is 0 Å². The van der Waals surface area contributed by atoms with Crippen molar-refractivity contribution < 1.29 is 0 Å². The van der Waals surface area contributed by atoms with E-state index >= 15 is 0 Å². The first-order valence-corrected chi connectivity index (χ1v) is 17.9. The standard InChI is InChI=1S/C44H26N8S/c1-2-13-37-36(12-1)48-42-41-43(53-44(42)49-37)40(50-52-51-41)34-11-5-9-32(24-34)30-7-3-6-29(22-30)31-8-4-10-33(23-31)35-25-38(27-14-18-45-19-15-27)47-39(26-35)28-16-20-46-21-17-28/h1-26H. The molecule has 0 bridgehead atoms. The van der Waals surface area contributed by atoms with Crippen molar-refractivity contribution >= 4 is 42.9 Å². The third-order valence-electron chi connectivity index (χ3n) is 9.32. The molecule has 0 radical (unpaired) electrons. The van der Waals surface area contributed by atoms with Crippen molar-refractivity contribution in [3.05, 3.63) is 158 Å². The lowest BCUT2D eigenvalue weighted by atomic mass is 9.94. The summed E-state index contributed by atoms with van der Waals surface area (Å²) in [7, 11) is 0. The summed E-state index contributed by atoms with van der Waals surface area (Å²) in [5.41, 5.74) is 15.3. The fourth-order valence-corrected chi connectivity index (χ4v) is 7.77. The highest BCUT2D eigenvalue weighted by molar-refractivity contribution is 7.25. The lowest BCUT2D eigenvalue weighted by molar-refractivity contribution is 0.904. The number of rotatable bonds is 6. The Balaban J connectivity index is 1.02. The molecule has 0 atom stereocenters. The molecule has 0 aliphatic heterocycles. The van der Waals surface area contributed by atoms with E-state index in [0.717, 1.165) is 98.7 Å². The van der Waals surface area contributed by atoms with Crippen LogP contribution in [0.5, 0.6) is 0 Å². The molecule has 0 amide bonds. The van der Waals surface area contributed by atoms with Crippen LogP contribution in [0.25, 0.3) is 98.7 Å². The highest BCUT2D eigenvalue weighted by Crippen LogP contribution is 2.38. The fourth-order valence-electron chi connectivity index (χ4n) is 6.70. The second-order valence-electron chi connectivity index (χ2n) is 12.6. The van der Waals surface area contributed by atoms with E-state index in [-0.39, 0.29) is 0 Å². The summed E-state index contributed by atoms with van der Waals surface area (Å²) in [5.74, 6) is 0. The number of aromatic nitrogens is 8. The van der Waals surface area contributed by atoms with E-state index in [1.54, 1.807) is 36.1 Å². The van der Waals surface area contributed by atoms with E-state index in [9.17, 15) is 0 Å². The minimum Gasteiger partial charge on any atom is -0.265 e. The molecule has 248 valence electrons. The highest BCUT2D eigenvalue weighted by atomic mass is 32.1. The van der Waals surface area contributed by atoms with Crippen LogP contribution in [-0.4, -0.2) is 40.3 Å². The zero-order valence-electron chi connectivity index (χ0n) is 28.0.